The molecular weight excluding hydrogens is 237 g/mol. The summed E-state index contributed by atoms with van der Waals surface area (Å²) in [7, 11) is 3.49. The van der Waals surface area contributed by atoms with Crippen molar-refractivity contribution >= 4 is 0 Å². The van der Waals surface area contributed by atoms with E-state index in [1.807, 2.05) is 11.9 Å². The Balaban J connectivity index is 2.47. The van der Waals surface area contributed by atoms with Crippen LogP contribution in [0.25, 0.3) is 0 Å². The molecule has 0 radical (unpaired) electrons. The van der Waals surface area contributed by atoms with Gasteiger partial charge in [0.25, 0.3) is 0 Å². The van der Waals surface area contributed by atoms with Gasteiger partial charge in [-0.1, -0.05) is 0 Å². The molecule has 102 valence electrons. The molecule has 0 aromatic heterocycles. The molecule has 0 bridgehead atoms. The Kier molecular flexibility index (Phi) is 6.64. The maximum atomic E-state index is 13.2. The zero-order valence-electron chi connectivity index (χ0n) is 10.9. The fourth-order valence-electron chi connectivity index (χ4n) is 1.63. The molecular formula is C13H20FNO3. The maximum absolute atomic E-state index is 13.2. The highest BCUT2D eigenvalue weighted by Gasteiger charge is 2.07. The lowest BCUT2D eigenvalue weighted by molar-refractivity contribution is 0.0771. The van der Waals surface area contributed by atoms with Crippen LogP contribution >= 0.6 is 0 Å². The van der Waals surface area contributed by atoms with Crippen molar-refractivity contribution in [2.75, 3.05) is 40.5 Å². The number of nitrogens with zero attached hydrogens (tertiary/aromatic N) is 1. The first-order valence-electron chi connectivity index (χ1n) is 5.87. The standard InChI is InChI=1S/C13H20FNO3/c1-15(5-7-18-8-6-16)10-11-9-12(14)3-4-13(11)17-2/h3-4,9,16H,5-8,10H2,1-2H3. The second kappa shape index (κ2) is 8.02. The van der Waals surface area contributed by atoms with Gasteiger partial charge in [-0.05, 0) is 25.2 Å². The summed E-state index contributed by atoms with van der Waals surface area (Å²) in [6.45, 7) is 2.20. The number of methoxy groups -OCH3 is 1. The van der Waals surface area contributed by atoms with Crippen LogP contribution in [0.4, 0.5) is 4.39 Å². The van der Waals surface area contributed by atoms with E-state index < -0.39 is 0 Å². The van der Waals surface area contributed by atoms with Crippen LogP contribution in [0.2, 0.25) is 0 Å². The van der Waals surface area contributed by atoms with Gasteiger partial charge < -0.3 is 14.6 Å². The molecule has 0 atom stereocenters. The first-order chi connectivity index (χ1) is 8.67. The van der Waals surface area contributed by atoms with Gasteiger partial charge in [-0.25, -0.2) is 4.39 Å². The number of hydrogen-bond acceptors (Lipinski definition) is 4. The Hall–Kier alpha value is -1.17. The van der Waals surface area contributed by atoms with E-state index in [0.717, 1.165) is 5.56 Å². The van der Waals surface area contributed by atoms with Crippen molar-refractivity contribution in [3.63, 3.8) is 0 Å². The first kappa shape index (κ1) is 14.9. The van der Waals surface area contributed by atoms with Crippen molar-refractivity contribution in [3.05, 3.63) is 29.6 Å². The summed E-state index contributed by atoms with van der Waals surface area (Å²) >= 11 is 0. The molecule has 5 heteroatoms. The van der Waals surface area contributed by atoms with Crippen LogP contribution in [-0.4, -0.2) is 50.5 Å². The lowest BCUT2D eigenvalue weighted by Crippen LogP contribution is -2.23. The summed E-state index contributed by atoms with van der Waals surface area (Å²) in [5.74, 6) is 0.412. The Bertz CT molecular complexity index is 360. The van der Waals surface area contributed by atoms with Gasteiger partial charge in [0.1, 0.15) is 11.6 Å². The molecule has 0 spiro atoms. The summed E-state index contributed by atoms with van der Waals surface area (Å²) in [6, 6.07) is 4.48. The van der Waals surface area contributed by atoms with Crippen molar-refractivity contribution in [1.82, 2.24) is 4.90 Å². The Morgan fingerprint density at radius 1 is 1.33 bits per heavy atom. The molecule has 4 nitrogen and oxygen atoms in total. The van der Waals surface area contributed by atoms with E-state index in [1.165, 1.54) is 12.1 Å². The molecule has 0 aliphatic carbocycles. The molecule has 1 rings (SSSR count). The van der Waals surface area contributed by atoms with E-state index >= 15 is 0 Å². The quantitative estimate of drug-likeness (QED) is 0.712. The SMILES string of the molecule is COc1ccc(F)cc1CN(C)CCOCCO. The number of benzene rings is 1. The molecule has 0 saturated carbocycles. The van der Waals surface area contributed by atoms with Gasteiger partial charge in [0.05, 0.1) is 26.9 Å². The number of ether oxygens (including phenoxy) is 2. The maximum Gasteiger partial charge on any atom is 0.123 e. The molecule has 0 aliphatic heterocycles. The van der Waals surface area contributed by atoms with Crippen LogP contribution in [0.3, 0.4) is 0 Å². The molecule has 0 aliphatic rings. The van der Waals surface area contributed by atoms with Crippen LogP contribution < -0.4 is 4.74 Å². The van der Waals surface area contributed by atoms with Crippen LogP contribution in [0, 0.1) is 5.82 Å². The minimum Gasteiger partial charge on any atom is -0.496 e. The van der Waals surface area contributed by atoms with E-state index in [-0.39, 0.29) is 12.4 Å². The Morgan fingerprint density at radius 3 is 2.78 bits per heavy atom. The van der Waals surface area contributed by atoms with Gasteiger partial charge in [0.2, 0.25) is 0 Å². The minimum absolute atomic E-state index is 0.0292. The van der Waals surface area contributed by atoms with E-state index in [4.69, 9.17) is 14.6 Å². The van der Waals surface area contributed by atoms with Crippen LogP contribution in [0.5, 0.6) is 5.75 Å². The normalized spacial score (nSPS) is 10.9. The van der Waals surface area contributed by atoms with Crippen molar-refractivity contribution < 1.29 is 19.0 Å². The number of aliphatic hydroxyl groups is 1. The van der Waals surface area contributed by atoms with E-state index in [1.54, 1.807) is 13.2 Å². The first-order valence-corrected chi connectivity index (χ1v) is 5.87. The highest BCUT2D eigenvalue weighted by molar-refractivity contribution is 5.33. The van der Waals surface area contributed by atoms with Gasteiger partial charge in [-0.15, -0.1) is 0 Å². The molecule has 1 N–H and O–H groups in total. The highest BCUT2D eigenvalue weighted by atomic mass is 19.1. The molecule has 1 aromatic rings. The van der Waals surface area contributed by atoms with E-state index in [9.17, 15) is 4.39 Å². The molecule has 0 heterocycles. The van der Waals surface area contributed by atoms with Crippen LogP contribution in [-0.2, 0) is 11.3 Å². The molecule has 0 unspecified atom stereocenters. The third-order valence-electron chi connectivity index (χ3n) is 2.54. The molecule has 18 heavy (non-hydrogen) atoms. The average molecular weight is 257 g/mol. The zero-order valence-corrected chi connectivity index (χ0v) is 10.9. The number of halogens is 1. The van der Waals surface area contributed by atoms with Crippen molar-refractivity contribution in [3.8, 4) is 5.75 Å². The predicted molar refractivity (Wildman–Crippen MR) is 67.2 cm³/mol. The topological polar surface area (TPSA) is 41.9 Å². The smallest absolute Gasteiger partial charge is 0.123 e. The largest absolute Gasteiger partial charge is 0.496 e. The molecule has 0 saturated heterocycles. The third kappa shape index (κ3) is 5.00. The summed E-state index contributed by atoms with van der Waals surface area (Å²) in [5.41, 5.74) is 0.808. The minimum atomic E-state index is -0.268. The average Bonchev–Trinajstić information content (AvgIpc) is 2.35. The third-order valence-corrected chi connectivity index (χ3v) is 2.54. The Labute approximate surface area is 107 Å². The number of likely N-dealkylation sites (N-methyl/N-ethyl adjacent to an activating group) is 1. The summed E-state index contributed by atoms with van der Waals surface area (Å²) in [4.78, 5) is 2.01. The molecule has 0 amide bonds. The van der Waals surface area contributed by atoms with Gasteiger partial charge >= 0.3 is 0 Å². The van der Waals surface area contributed by atoms with Gasteiger partial charge in [0, 0.05) is 18.7 Å². The number of rotatable bonds is 8. The molecule has 0 fully saturated rings. The fourth-order valence-corrected chi connectivity index (χ4v) is 1.63. The summed E-state index contributed by atoms with van der Waals surface area (Å²) in [5, 5.41) is 8.57. The predicted octanol–water partition coefficient (Wildman–Crippen LogP) is 1.27. The molecule has 1 aromatic carbocycles. The van der Waals surface area contributed by atoms with E-state index in [2.05, 4.69) is 0 Å². The second-order valence-electron chi connectivity index (χ2n) is 4.03. The highest BCUT2D eigenvalue weighted by Crippen LogP contribution is 2.20. The van der Waals surface area contributed by atoms with Crippen LogP contribution in [0.15, 0.2) is 18.2 Å². The van der Waals surface area contributed by atoms with E-state index in [0.29, 0.717) is 32.1 Å². The van der Waals surface area contributed by atoms with Crippen molar-refractivity contribution in [1.29, 1.82) is 0 Å². The van der Waals surface area contributed by atoms with Gasteiger partial charge in [-0.3, -0.25) is 4.90 Å². The lowest BCUT2D eigenvalue weighted by atomic mass is 10.2. The zero-order chi connectivity index (χ0) is 13.4. The van der Waals surface area contributed by atoms with Gasteiger partial charge in [-0.2, -0.15) is 0 Å². The van der Waals surface area contributed by atoms with Crippen molar-refractivity contribution in [2.24, 2.45) is 0 Å². The Morgan fingerprint density at radius 2 is 2.11 bits per heavy atom. The van der Waals surface area contributed by atoms with Crippen LogP contribution in [0.1, 0.15) is 5.56 Å². The number of aliphatic hydroxyl groups excluding tert-OH is 1. The fraction of sp³-hybridized carbons (Fsp3) is 0.538. The monoisotopic (exact) mass is 257 g/mol. The number of hydrogen-bond donors (Lipinski definition) is 1. The van der Waals surface area contributed by atoms with Crippen molar-refractivity contribution in [2.45, 2.75) is 6.54 Å². The second-order valence-corrected chi connectivity index (χ2v) is 4.03. The lowest BCUT2D eigenvalue weighted by Gasteiger charge is -2.18. The van der Waals surface area contributed by atoms with Gasteiger partial charge in [0.15, 0.2) is 0 Å². The summed E-state index contributed by atoms with van der Waals surface area (Å²) < 4.78 is 23.5. The summed E-state index contributed by atoms with van der Waals surface area (Å²) in [6.07, 6.45) is 0.